The molecule has 24 heavy (non-hydrogen) atoms. The minimum atomic E-state index is -3.25. The Morgan fingerprint density at radius 2 is 1.67 bits per heavy atom. The van der Waals surface area contributed by atoms with Crippen molar-refractivity contribution in [1.82, 2.24) is 5.09 Å². The molecular weight excluding hydrogens is 317 g/mol. The number of fused-ring (bicyclic) bond motifs is 2. The Kier molecular flexibility index (Phi) is 3.08. The van der Waals surface area contributed by atoms with Crippen molar-refractivity contribution in [2.45, 2.75) is 39.0 Å². The van der Waals surface area contributed by atoms with E-state index in [1.54, 1.807) is 0 Å². The van der Waals surface area contributed by atoms with E-state index in [9.17, 15) is 4.79 Å². The number of carbonyl (C=O) groups excluding carboxylic acids is 1. The molecule has 1 amide bonds. The molecule has 2 aliphatic heterocycles. The molecule has 1 saturated heterocycles. The Morgan fingerprint density at radius 3 is 2.29 bits per heavy atom. The first-order valence-corrected chi connectivity index (χ1v) is 10.7. The molecule has 126 valence electrons. The molecule has 3 nitrogen and oxygen atoms in total. The number of amides is 1. The first kappa shape index (κ1) is 15.8. The molecule has 4 heteroatoms. The van der Waals surface area contributed by atoms with Gasteiger partial charge in [0.1, 0.15) is 0 Å². The summed E-state index contributed by atoms with van der Waals surface area (Å²) in [5, 5.41) is 5.41. The third-order valence-electron chi connectivity index (χ3n) is 5.90. The minimum absolute atomic E-state index is 0.0117. The number of nitrogens with one attached hydrogen (secondary N) is 1. The Morgan fingerprint density at radius 1 is 1.04 bits per heavy atom. The van der Waals surface area contributed by atoms with Crippen LogP contribution in [-0.2, 0) is 4.52 Å². The van der Waals surface area contributed by atoms with Gasteiger partial charge in [-0.15, -0.1) is 0 Å². The van der Waals surface area contributed by atoms with Crippen LogP contribution in [0.15, 0.2) is 54.6 Å². The van der Waals surface area contributed by atoms with Crippen LogP contribution in [0.3, 0.4) is 0 Å². The van der Waals surface area contributed by atoms with Gasteiger partial charge in [-0.1, -0.05) is 0 Å². The number of carbonyl (C=O) groups is 1. The summed E-state index contributed by atoms with van der Waals surface area (Å²) in [6.07, 6.45) is 0.113. The van der Waals surface area contributed by atoms with Crippen molar-refractivity contribution in [2.24, 2.45) is 5.92 Å². The number of benzene rings is 2. The van der Waals surface area contributed by atoms with Crippen LogP contribution in [0.5, 0.6) is 0 Å². The molecule has 2 aliphatic rings. The van der Waals surface area contributed by atoms with Crippen molar-refractivity contribution >= 4 is 23.5 Å². The Balaban J connectivity index is 2.08. The van der Waals surface area contributed by atoms with Gasteiger partial charge in [-0.3, -0.25) is 0 Å². The molecule has 0 radical (unpaired) electrons. The molecule has 1 N–H and O–H groups in total. The summed E-state index contributed by atoms with van der Waals surface area (Å²) < 4.78 is 6.83. The molecule has 1 unspecified atom stereocenters. The van der Waals surface area contributed by atoms with Crippen molar-refractivity contribution in [1.29, 1.82) is 0 Å². The van der Waals surface area contributed by atoms with E-state index in [1.165, 1.54) is 0 Å². The normalized spacial score (nSPS) is 27.0. The molecule has 0 aliphatic carbocycles. The van der Waals surface area contributed by atoms with Crippen molar-refractivity contribution < 1.29 is 9.32 Å². The van der Waals surface area contributed by atoms with Crippen LogP contribution in [0.2, 0.25) is 0 Å². The second-order valence-corrected chi connectivity index (χ2v) is 12.4. The molecule has 4 rings (SSSR count). The van der Waals surface area contributed by atoms with E-state index < -0.39 is 6.98 Å². The quantitative estimate of drug-likeness (QED) is 0.848. The Bertz CT molecular complexity index is 833. The molecule has 1 fully saturated rings. The summed E-state index contributed by atoms with van der Waals surface area (Å²) in [5.74, 6) is 0.378. The maximum absolute atomic E-state index is 12.9. The second-order valence-electron chi connectivity index (χ2n) is 7.75. The average Bonchev–Trinajstić information content (AvgIpc) is 2.86. The number of hydrogen-bond donors (Lipinski definition) is 1. The van der Waals surface area contributed by atoms with Crippen molar-refractivity contribution in [3.8, 4) is 0 Å². The third kappa shape index (κ3) is 1.49. The van der Waals surface area contributed by atoms with Crippen LogP contribution >= 0.6 is 6.98 Å². The van der Waals surface area contributed by atoms with Gasteiger partial charge >= 0.3 is 143 Å². The summed E-state index contributed by atoms with van der Waals surface area (Å²) in [4.78, 5) is 12.9. The number of rotatable bonds is 2. The van der Waals surface area contributed by atoms with Gasteiger partial charge in [0.25, 0.3) is 0 Å². The van der Waals surface area contributed by atoms with Gasteiger partial charge in [0, 0.05) is 0 Å². The predicted molar refractivity (Wildman–Crippen MR) is 100 cm³/mol. The van der Waals surface area contributed by atoms with E-state index >= 15 is 0 Å². The van der Waals surface area contributed by atoms with Gasteiger partial charge in [-0.05, 0) is 0 Å². The van der Waals surface area contributed by atoms with E-state index in [1.807, 2.05) is 36.4 Å². The molecule has 2 heterocycles. The summed E-state index contributed by atoms with van der Waals surface area (Å²) in [6.45, 7) is 5.64. The van der Waals surface area contributed by atoms with Gasteiger partial charge in [0.05, 0.1) is 0 Å². The summed E-state index contributed by atoms with van der Waals surface area (Å²) in [5.41, 5.74) is 0.759. The van der Waals surface area contributed by atoms with E-state index in [2.05, 4.69) is 51.0 Å². The molecule has 2 aromatic rings. The van der Waals surface area contributed by atoms with Gasteiger partial charge in [-0.2, -0.15) is 0 Å². The summed E-state index contributed by atoms with van der Waals surface area (Å²) in [6, 6.07) is 18.2. The zero-order valence-electron chi connectivity index (χ0n) is 14.6. The van der Waals surface area contributed by atoms with Gasteiger partial charge in [-0.25, -0.2) is 0 Å². The van der Waals surface area contributed by atoms with Crippen LogP contribution in [0.1, 0.15) is 38.1 Å². The number of hydrogen-bond acceptors (Lipinski definition) is 2. The molecule has 2 aromatic carbocycles. The predicted octanol–water partition coefficient (Wildman–Crippen LogP) is 3.60. The van der Waals surface area contributed by atoms with Crippen LogP contribution in [-0.4, -0.2) is 17.2 Å². The molecule has 1 atom stereocenters. The van der Waals surface area contributed by atoms with E-state index in [-0.39, 0.29) is 17.2 Å². The fraction of sp³-hybridized carbons (Fsp3) is 0.350. The van der Waals surface area contributed by atoms with E-state index in [4.69, 9.17) is 4.52 Å². The first-order chi connectivity index (χ1) is 11.3. The summed E-state index contributed by atoms with van der Waals surface area (Å²) in [7, 11) is 0. The average molecular weight is 341 g/mol. The molecule has 0 bridgehead atoms. The Labute approximate surface area is 143 Å². The topological polar surface area (TPSA) is 38.3 Å². The molecule has 1 spiro atoms. The molecular formula is C20H24NO2P. The van der Waals surface area contributed by atoms with Gasteiger partial charge in [0.2, 0.25) is 0 Å². The van der Waals surface area contributed by atoms with Crippen LogP contribution in [0.25, 0.3) is 0 Å². The molecule has 0 aromatic heterocycles. The zero-order valence-corrected chi connectivity index (χ0v) is 15.5. The van der Waals surface area contributed by atoms with Crippen molar-refractivity contribution in [2.75, 3.05) is 0 Å². The maximum atomic E-state index is 12.9. The Hall–Kier alpha value is -1.70. The zero-order chi connectivity index (χ0) is 17.2. The SMILES string of the molecule is CC(C)C1OP2(c3ccccc3)(NC(=O)c3ccccc32)C1(C)C. The standard InChI is InChI=1S/C20H24NO2P/c1-14(2)18-20(3,4)24(23-18,15-10-6-5-7-11-15)17-13-9-8-12-16(17)19(22)21-24/h5-14,18H,1-4H3,(H,21,22). The monoisotopic (exact) mass is 341 g/mol. The van der Waals surface area contributed by atoms with Crippen molar-refractivity contribution in [3.63, 3.8) is 0 Å². The second kappa shape index (κ2) is 4.68. The van der Waals surface area contributed by atoms with Crippen molar-refractivity contribution in [3.05, 3.63) is 60.2 Å². The summed E-state index contributed by atoms with van der Waals surface area (Å²) >= 11 is 0. The van der Waals surface area contributed by atoms with Gasteiger partial charge < -0.3 is 0 Å². The van der Waals surface area contributed by atoms with Crippen LogP contribution < -0.4 is 15.7 Å². The van der Waals surface area contributed by atoms with Crippen LogP contribution in [0.4, 0.5) is 0 Å². The fourth-order valence-electron chi connectivity index (χ4n) is 4.82. The van der Waals surface area contributed by atoms with Gasteiger partial charge in [0.15, 0.2) is 0 Å². The van der Waals surface area contributed by atoms with Crippen LogP contribution in [0, 0.1) is 5.92 Å². The fourth-order valence-corrected chi connectivity index (χ4v) is 11.4. The van der Waals surface area contributed by atoms with E-state index in [0.29, 0.717) is 5.92 Å². The first-order valence-electron chi connectivity index (χ1n) is 8.53. The third-order valence-corrected chi connectivity index (χ3v) is 12.2. The molecule has 0 saturated carbocycles. The van der Waals surface area contributed by atoms with E-state index in [0.717, 1.165) is 16.2 Å².